The first-order valence-corrected chi connectivity index (χ1v) is 4.01. The summed E-state index contributed by atoms with van der Waals surface area (Å²) in [5, 5.41) is 0. The Morgan fingerprint density at radius 3 is 2.62 bits per heavy atom. The van der Waals surface area contributed by atoms with Crippen molar-refractivity contribution in [3.05, 3.63) is 17.6 Å². The number of anilines is 1. The van der Waals surface area contributed by atoms with Crippen LogP contribution in [-0.2, 0) is 0 Å². The molecule has 0 saturated heterocycles. The quantitative estimate of drug-likeness (QED) is 0.656. The third-order valence-electron chi connectivity index (χ3n) is 1.38. The second-order valence-electron chi connectivity index (χ2n) is 2.56. The van der Waals surface area contributed by atoms with Crippen LogP contribution in [-0.4, -0.2) is 16.0 Å². The lowest BCUT2D eigenvalue weighted by Crippen LogP contribution is -2.28. The first-order chi connectivity index (χ1) is 6.00. The van der Waals surface area contributed by atoms with E-state index in [0.29, 0.717) is 11.6 Å². The van der Waals surface area contributed by atoms with Crippen LogP contribution in [0.3, 0.4) is 0 Å². The van der Waals surface area contributed by atoms with E-state index < -0.39 is 6.03 Å². The number of aromatic nitrogens is 2. The lowest BCUT2D eigenvalue weighted by atomic mass is 10.4. The topological polar surface area (TPSA) is 72.1 Å². The molecule has 0 fully saturated rings. The summed E-state index contributed by atoms with van der Waals surface area (Å²) in [7, 11) is 0. The van der Waals surface area contributed by atoms with Gasteiger partial charge in [0.2, 0.25) is 0 Å². The second kappa shape index (κ2) is 3.61. The zero-order chi connectivity index (χ0) is 10.0. The van der Waals surface area contributed by atoms with Gasteiger partial charge in [-0.2, -0.15) is 0 Å². The normalized spacial score (nSPS) is 9.77. The first kappa shape index (κ1) is 9.79. The van der Waals surface area contributed by atoms with Gasteiger partial charge in [-0.1, -0.05) is 12.8 Å². The highest BCUT2D eigenvalue weighted by Crippen LogP contribution is 2.13. The van der Waals surface area contributed by atoms with Crippen LogP contribution in [0, 0.1) is 13.8 Å². The molecule has 13 heavy (non-hydrogen) atoms. The summed E-state index contributed by atoms with van der Waals surface area (Å²) in [5.41, 5.74) is 5.78. The van der Waals surface area contributed by atoms with Crippen molar-refractivity contribution in [3.8, 4) is 0 Å². The van der Waals surface area contributed by atoms with Gasteiger partial charge in [0.1, 0.15) is 5.82 Å². The second-order valence-corrected chi connectivity index (χ2v) is 2.96. The van der Waals surface area contributed by atoms with Crippen LogP contribution < -0.4 is 10.0 Å². The van der Waals surface area contributed by atoms with Crippen LogP contribution in [0.4, 0.5) is 10.6 Å². The van der Waals surface area contributed by atoms with Gasteiger partial charge in [0.15, 0.2) is 5.82 Å². The van der Waals surface area contributed by atoms with E-state index in [-0.39, 0.29) is 0 Å². The molecule has 0 aromatic carbocycles. The van der Waals surface area contributed by atoms with E-state index in [0.717, 1.165) is 10.00 Å². The van der Waals surface area contributed by atoms with Crippen molar-refractivity contribution >= 4 is 24.7 Å². The molecular weight excluding hydrogens is 188 g/mol. The standard InChI is InChI=1S/C7H10N4OS/c1-4-3-6(10-5(2)9-4)11(13)7(8)12/h3,13H,1-2H3,(H2,8,12). The van der Waals surface area contributed by atoms with Crippen molar-refractivity contribution in [3.63, 3.8) is 0 Å². The maximum absolute atomic E-state index is 10.7. The number of amides is 2. The maximum Gasteiger partial charge on any atom is 0.330 e. The number of thiol groups is 1. The van der Waals surface area contributed by atoms with Crippen molar-refractivity contribution in [1.29, 1.82) is 0 Å². The van der Waals surface area contributed by atoms with Gasteiger partial charge in [-0.25, -0.2) is 19.1 Å². The molecule has 0 atom stereocenters. The molecule has 5 nitrogen and oxygen atoms in total. The van der Waals surface area contributed by atoms with Crippen LogP contribution in [0.25, 0.3) is 0 Å². The average Bonchev–Trinajstić information content (AvgIpc) is 2.01. The summed E-state index contributed by atoms with van der Waals surface area (Å²) < 4.78 is 0.974. The fourth-order valence-electron chi connectivity index (χ4n) is 0.919. The Balaban J connectivity index is 3.07. The number of nitrogens with zero attached hydrogens (tertiary/aromatic N) is 3. The predicted molar refractivity (Wildman–Crippen MR) is 52.6 cm³/mol. The molecule has 2 amide bonds. The van der Waals surface area contributed by atoms with E-state index in [1.54, 1.807) is 19.9 Å². The molecule has 0 aliphatic rings. The summed E-state index contributed by atoms with van der Waals surface area (Å²) >= 11 is 3.88. The Bertz CT molecular complexity index is 321. The van der Waals surface area contributed by atoms with Gasteiger partial charge in [-0.3, -0.25) is 0 Å². The van der Waals surface area contributed by atoms with Crippen LogP contribution in [0.15, 0.2) is 6.07 Å². The molecule has 0 spiro atoms. The summed E-state index contributed by atoms with van der Waals surface area (Å²) in [6.45, 7) is 3.54. The van der Waals surface area contributed by atoms with Gasteiger partial charge in [-0.15, -0.1) is 0 Å². The zero-order valence-electron chi connectivity index (χ0n) is 7.35. The Morgan fingerprint density at radius 1 is 1.54 bits per heavy atom. The molecule has 70 valence electrons. The summed E-state index contributed by atoms with van der Waals surface area (Å²) in [5.74, 6) is 0.969. The van der Waals surface area contributed by atoms with Crippen molar-refractivity contribution in [2.75, 3.05) is 4.31 Å². The van der Waals surface area contributed by atoms with E-state index in [2.05, 4.69) is 22.8 Å². The number of aryl methyl sites for hydroxylation is 2. The molecule has 0 radical (unpaired) electrons. The van der Waals surface area contributed by atoms with Crippen LogP contribution in [0.1, 0.15) is 11.5 Å². The molecule has 0 unspecified atom stereocenters. The summed E-state index contributed by atoms with van der Waals surface area (Å²) in [4.78, 5) is 18.8. The third kappa shape index (κ3) is 2.32. The number of carbonyl (C=O) groups is 1. The summed E-state index contributed by atoms with van der Waals surface area (Å²) in [6, 6.07) is 0.964. The highest BCUT2D eigenvalue weighted by molar-refractivity contribution is 7.82. The molecule has 0 aliphatic heterocycles. The number of urea groups is 1. The molecule has 1 aromatic heterocycles. The fourth-order valence-corrected chi connectivity index (χ4v) is 1.02. The van der Waals surface area contributed by atoms with Gasteiger partial charge in [0, 0.05) is 11.8 Å². The lowest BCUT2D eigenvalue weighted by Gasteiger charge is -2.11. The molecule has 1 rings (SSSR count). The monoisotopic (exact) mass is 198 g/mol. The molecule has 2 N–H and O–H groups in total. The predicted octanol–water partition coefficient (Wildman–Crippen LogP) is 0.823. The van der Waals surface area contributed by atoms with Crippen molar-refractivity contribution in [2.45, 2.75) is 13.8 Å². The SMILES string of the molecule is Cc1cc(N(S)C(N)=O)nc(C)n1. The minimum atomic E-state index is -0.666. The zero-order valence-corrected chi connectivity index (χ0v) is 8.25. The Hall–Kier alpha value is -1.30. The minimum absolute atomic E-state index is 0.390. The van der Waals surface area contributed by atoms with E-state index in [4.69, 9.17) is 5.73 Å². The molecule has 0 bridgehead atoms. The van der Waals surface area contributed by atoms with Crippen molar-refractivity contribution in [1.82, 2.24) is 9.97 Å². The van der Waals surface area contributed by atoms with E-state index in [9.17, 15) is 4.79 Å². The summed E-state index contributed by atoms with van der Waals surface area (Å²) in [6.07, 6.45) is 0. The lowest BCUT2D eigenvalue weighted by molar-refractivity contribution is 0.257. The van der Waals surface area contributed by atoms with E-state index in [1.165, 1.54) is 0 Å². The Morgan fingerprint density at radius 2 is 2.15 bits per heavy atom. The van der Waals surface area contributed by atoms with Crippen LogP contribution >= 0.6 is 12.8 Å². The van der Waals surface area contributed by atoms with Gasteiger partial charge in [-0.05, 0) is 13.8 Å². The molecule has 0 aliphatic carbocycles. The largest absolute Gasteiger partial charge is 0.350 e. The smallest absolute Gasteiger partial charge is 0.330 e. The number of primary amides is 1. The highest BCUT2D eigenvalue weighted by atomic mass is 32.1. The average molecular weight is 198 g/mol. The van der Waals surface area contributed by atoms with Crippen LogP contribution in [0.2, 0.25) is 0 Å². The van der Waals surface area contributed by atoms with Gasteiger partial charge in [0.25, 0.3) is 0 Å². The fraction of sp³-hybridized carbons (Fsp3) is 0.286. The van der Waals surface area contributed by atoms with Crippen molar-refractivity contribution in [2.24, 2.45) is 5.73 Å². The molecule has 6 heteroatoms. The highest BCUT2D eigenvalue weighted by Gasteiger charge is 2.09. The van der Waals surface area contributed by atoms with E-state index >= 15 is 0 Å². The Labute approximate surface area is 81.5 Å². The Kier molecular flexibility index (Phi) is 2.72. The molecule has 1 aromatic rings. The number of hydrogen-bond acceptors (Lipinski definition) is 4. The minimum Gasteiger partial charge on any atom is -0.350 e. The van der Waals surface area contributed by atoms with Crippen molar-refractivity contribution < 1.29 is 4.79 Å². The molecular formula is C7H10N4OS. The maximum atomic E-state index is 10.7. The van der Waals surface area contributed by atoms with Gasteiger partial charge < -0.3 is 5.73 Å². The van der Waals surface area contributed by atoms with E-state index in [1.807, 2.05) is 0 Å². The van der Waals surface area contributed by atoms with Gasteiger partial charge >= 0.3 is 6.03 Å². The molecule has 0 saturated carbocycles. The van der Waals surface area contributed by atoms with Gasteiger partial charge in [0.05, 0.1) is 0 Å². The molecule has 1 heterocycles. The number of hydrogen-bond donors (Lipinski definition) is 2. The van der Waals surface area contributed by atoms with Crippen LogP contribution in [0.5, 0.6) is 0 Å². The third-order valence-corrected chi connectivity index (χ3v) is 1.78. The number of carbonyl (C=O) groups excluding carboxylic acids is 1. The first-order valence-electron chi connectivity index (χ1n) is 3.61. The number of nitrogens with two attached hydrogens (primary N) is 1. The number of rotatable bonds is 1.